The van der Waals surface area contributed by atoms with Gasteiger partial charge in [-0.15, -0.1) is 0 Å². The van der Waals surface area contributed by atoms with Crippen LogP contribution in [0.25, 0.3) is 6.08 Å². The minimum atomic E-state index is -0.456. The van der Waals surface area contributed by atoms with Crippen LogP contribution < -0.4 is 5.32 Å². The average molecular weight is 275 g/mol. The summed E-state index contributed by atoms with van der Waals surface area (Å²) in [6, 6.07) is 8.16. The van der Waals surface area contributed by atoms with Crippen LogP contribution in [-0.2, 0) is 4.79 Å². The second kappa shape index (κ2) is 8.54. The van der Waals surface area contributed by atoms with Crippen molar-refractivity contribution in [2.75, 3.05) is 6.54 Å². The van der Waals surface area contributed by atoms with Crippen LogP contribution >= 0.6 is 0 Å². The second-order valence-electron chi connectivity index (χ2n) is 5.34. The van der Waals surface area contributed by atoms with Crippen molar-refractivity contribution in [2.24, 2.45) is 0 Å². The summed E-state index contributed by atoms with van der Waals surface area (Å²) >= 11 is 0. The first-order valence-electron chi connectivity index (χ1n) is 7.26. The summed E-state index contributed by atoms with van der Waals surface area (Å²) < 4.78 is 0. The Kier molecular flexibility index (Phi) is 7.02. The van der Waals surface area contributed by atoms with E-state index in [9.17, 15) is 9.90 Å². The number of carbonyl (C=O) groups excluding carboxylic acids is 1. The zero-order chi connectivity index (χ0) is 15.0. The molecule has 0 aromatic heterocycles. The van der Waals surface area contributed by atoms with Crippen LogP contribution in [0.1, 0.15) is 50.7 Å². The molecule has 0 aliphatic heterocycles. The van der Waals surface area contributed by atoms with E-state index in [1.165, 1.54) is 11.6 Å². The van der Waals surface area contributed by atoms with Crippen molar-refractivity contribution in [3.63, 3.8) is 0 Å². The van der Waals surface area contributed by atoms with E-state index in [4.69, 9.17) is 0 Å². The summed E-state index contributed by atoms with van der Waals surface area (Å²) in [5.41, 5.74) is 2.29. The number of hydrogen-bond acceptors (Lipinski definition) is 2. The van der Waals surface area contributed by atoms with Crippen LogP contribution in [0, 0.1) is 0 Å². The molecule has 3 nitrogen and oxygen atoms in total. The molecule has 110 valence electrons. The van der Waals surface area contributed by atoms with Crippen molar-refractivity contribution < 1.29 is 9.90 Å². The minimum Gasteiger partial charge on any atom is -0.391 e. The lowest BCUT2D eigenvalue weighted by atomic mass is 10.0. The van der Waals surface area contributed by atoms with Crippen molar-refractivity contribution in [3.8, 4) is 0 Å². The van der Waals surface area contributed by atoms with Gasteiger partial charge in [-0.2, -0.15) is 0 Å². The largest absolute Gasteiger partial charge is 0.391 e. The maximum atomic E-state index is 11.6. The normalized spacial score (nSPS) is 12.8. The Hall–Kier alpha value is -1.61. The molecule has 0 radical (unpaired) electrons. The number of hydrogen-bond donors (Lipinski definition) is 2. The first-order valence-corrected chi connectivity index (χ1v) is 7.26. The van der Waals surface area contributed by atoms with Gasteiger partial charge in [-0.05, 0) is 29.5 Å². The molecule has 20 heavy (non-hydrogen) atoms. The van der Waals surface area contributed by atoms with Gasteiger partial charge in [-0.25, -0.2) is 0 Å². The third-order valence-electron chi connectivity index (χ3n) is 3.16. The molecule has 2 N–H and O–H groups in total. The molecule has 0 saturated heterocycles. The monoisotopic (exact) mass is 275 g/mol. The van der Waals surface area contributed by atoms with Crippen LogP contribution in [-0.4, -0.2) is 23.7 Å². The molecular weight excluding hydrogens is 250 g/mol. The molecule has 0 aliphatic carbocycles. The van der Waals surface area contributed by atoms with Gasteiger partial charge in [-0.1, -0.05) is 51.5 Å². The summed E-state index contributed by atoms with van der Waals surface area (Å²) in [6.45, 7) is 6.62. The molecule has 1 unspecified atom stereocenters. The lowest BCUT2D eigenvalue weighted by Crippen LogP contribution is -2.30. The van der Waals surface area contributed by atoms with Gasteiger partial charge < -0.3 is 10.4 Å². The Morgan fingerprint density at radius 2 is 1.95 bits per heavy atom. The fraction of sp³-hybridized carbons (Fsp3) is 0.471. The molecule has 3 heteroatoms. The summed E-state index contributed by atoms with van der Waals surface area (Å²) in [7, 11) is 0. The third-order valence-corrected chi connectivity index (χ3v) is 3.16. The molecule has 1 aromatic carbocycles. The molecule has 0 saturated carbocycles. The fourth-order valence-electron chi connectivity index (χ4n) is 1.88. The Labute approximate surface area is 121 Å². The quantitative estimate of drug-likeness (QED) is 0.751. The predicted molar refractivity (Wildman–Crippen MR) is 83.5 cm³/mol. The molecule has 0 fully saturated rings. The molecule has 1 aromatic rings. The minimum absolute atomic E-state index is 0.173. The first-order chi connectivity index (χ1) is 9.52. The van der Waals surface area contributed by atoms with E-state index in [1.54, 1.807) is 6.08 Å². The van der Waals surface area contributed by atoms with E-state index in [2.05, 4.69) is 31.3 Å². The average Bonchev–Trinajstić information content (AvgIpc) is 2.43. The van der Waals surface area contributed by atoms with Gasteiger partial charge in [0.25, 0.3) is 0 Å². The van der Waals surface area contributed by atoms with E-state index in [0.29, 0.717) is 18.9 Å². The number of aliphatic hydroxyl groups is 1. The SMILES string of the molecule is CCCC(O)CNC(=O)/C=C/c1ccc(C(C)C)cc1. The Morgan fingerprint density at radius 1 is 1.30 bits per heavy atom. The third kappa shape index (κ3) is 6.02. The van der Waals surface area contributed by atoms with Crippen LogP contribution in [0.2, 0.25) is 0 Å². The van der Waals surface area contributed by atoms with E-state index in [1.807, 2.05) is 19.1 Å². The Balaban J connectivity index is 2.44. The van der Waals surface area contributed by atoms with Crippen molar-refractivity contribution in [3.05, 3.63) is 41.5 Å². The van der Waals surface area contributed by atoms with Gasteiger partial charge >= 0.3 is 0 Å². The highest BCUT2D eigenvalue weighted by Crippen LogP contribution is 2.15. The highest BCUT2D eigenvalue weighted by atomic mass is 16.3. The lowest BCUT2D eigenvalue weighted by molar-refractivity contribution is -0.116. The van der Waals surface area contributed by atoms with Crippen molar-refractivity contribution in [1.29, 1.82) is 0 Å². The van der Waals surface area contributed by atoms with Gasteiger partial charge in [-0.3, -0.25) is 4.79 Å². The Morgan fingerprint density at radius 3 is 2.50 bits per heavy atom. The van der Waals surface area contributed by atoms with Crippen molar-refractivity contribution in [1.82, 2.24) is 5.32 Å². The molecule has 0 heterocycles. The van der Waals surface area contributed by atoms with Crippen molar-refractivity contribution in [2.45, 2.75) is 45.6 Å². The molecular formula is C17H25NO2. The number of aliphatic hydroxyl groups excluding tert-OH is 1. The predicted octanol–water partition coefficient (Wildman–Crippen LogP) is 3.10. The second-order valence-corrected chi connectivity index (χ2v) is 5.34. The number of benzene rings is 1. The lowest BCUT2D eigenvalue weighted by Gasteiger charge is -2.09. The van der Waals surface area contributed by atoms with Gasteiger partial charge in [0.05, 0.1) is 6.10 Å². The van der Waals surface area contributed by atoms with Crippen molar-refractivity contribution >= 4 is 12.0 Å². The zero-order valence-corrected chi connectivity index (χ0v) is 12.6. The van der Waals surface area contributed by atoms with Gasteiger partial charge in [0.15, 0.2) is 0 Å². The Bertz CT molecular complexity index is 435. The number of nitrogens with one attached hydrogen (secondary N) is 1. The fourth-order valence-corrected chi connectivity index (χ4v) is 1.88. The van der Waals surface area contributed by atoms with Gasteiger partial charge in [0, 0.05) is 12.6 Å². The molecule has 1 amide bonds. The molecule has 1 atom stereocenters. The molecule has 0 bridgehead atoms. The molecule has 0 aliphatic rings. The van der Waals surface area contributed by atoms with Crippen LogP contribution in [0.5, 0.6) is 0 Å². The van der Waals surface area contributed by atoms with E-state index >= 15 is 0 Å². The van der Waals surface area contributed by atoms with E-state index < -0.39 is 6.10 Å². The standard InChI is InChI=1S/C17H25NO2/c1-4-5-16(19)12-18-17(20)11-8-14-6-9-15(10-7-14)13(2)3/h6-11,13,16,19H,4-5,12H2,1-3H3,(H,18,20)/b11-8+. The summed E-state index contributed by atoms with van der Waals surface area (Å²) in [5.74, 6) is 0.337. The summed E-state index contributed by atoms with van der Waals surface area (Å²) in [4.78, 5) is 11.6. The van der Waals surface area contributed by atoms with Crippen LogP contribution in [0.3, 0.4) is 0 Å². The smallest absolute Gasteiger partial charge is 0.244 e. The van der Waals surface area contributed by atoms with Crippen LogP contribution in [0.4, 0.5) is 0 Å². The van der Waals surface area contributed by atoms with E-state index in [0.717, 1.165) is 12.0 Å². The number of amides is 1. The van der Waals surface area contributed by atoms with Crippen LogP contribution in [0.15, 0.2) is 30.3 Å². The molecule has 0 spiro atoms. The highest BCUT2D eigenvalue weighted by Gasteiger charge is 2.03. The zero-order valence-electron chi connectivity index (χ0n) is 12.6. The van der Waals surface area contributed by atoms with E-state index in [-0.39, 0.29) is 5.91 Å². The maximum Gasteiger partial charge on any atom is 0.244 e. The molecule has 1 rings (SSSR count). The van der Waals surface area contributed by atoms with Gasteiger partial charge in [0.2, 0.25) is 5.91 Å². The van der Waals surface area contributed by atoms with Gasteiger partial charge in [0.1, 0.15) is 0 Å². The highest BCUT2D eigenvalue weighted by molar-refractivity contribution is 5.91. The number of rotatable bonds is 7. The number of carbonyl (C=O) groups is 1. The maximum absolute atomic E-state index is 11.6. The first kappa shape index (κ1) is 16.4. The summed E-state index contributed by atoms with van der Waals surface area (Å²) in [5, 5.41) is 12.2. The topological polar surface area (TPSA) is 49.3 Å². The summed E-state index contributed by atoms with van der Waals surface area (Å²) in [6.07, 6.45) is 4.45.